The molecule has 0 atom stereocenters. The molecule has 0 fully saturated rings. The molecule has 6 rings (SSSR count). The average molecular weight is 426 g/mol. The molecule has 0 aliphatic heterocycles. The molecule has 0 aliphatic rings. The third-order valence-electron chi connectivity index (χ3n) is 6.53. The fourth-order valence-electron chi connectivity index (χ4n) is 4.71. The number of nitrogens with zero attached hydrogens (tertiary/aromatic N) is 3. The van der Waals surface area contributed by atoms with Gasteiger partial charge in [-0.3, -0.25) is 15.0 Å². The molecular weight excluding hydrogens is 402 g/mol. The average Bonchev–Trinajstić information content (AvgIpc) is 2.84. The number of hydrogen-bond donors (Lipinski definition) is 0. The molecular formula is C30H23N3. The summed E-state index contributed by atoms with van der Waals surface area (Å²) in [4.78, 5) is 13.9. The summed E-state index contributed by atoms with van der Waals surface area (Å²) in [6.07, 6.45) is 6.69. The Morgan fingerprint density at radius 3 is 2.45 bits per heavy atom. The highest BCUT2D eigenvalue weighted by Gasteiger charge is 2.10. The summed E-state index contributed by atoms with van der Waals surface area (Å²) in [6.45, 7) is 4.25. The topological polar surface area (TPSA) is 38.7 Å². The highest BCUT2D eigenvalue weighted by atomic mass is 14.7. The van der Waals surface area contributed by atoms with Crippen LogP contribution in [0.5, 0.6) is 0 Å². The van der Waals surface area contributed by atoms with E-state index in [9.17, 15) is 0 Å². The maximum Gasteiger partial charge on any atom is 0.0707 e. The Morgan fingerprint density at radius 2 is 1.52 bits per heavy atom. The first-order chi connectivity index (χ1) is 16.2. The summed E-state index contributed by atoms with van der Waals surface area (Å²) in [5.74, 6) is 0. The number of hydrogen-bond acceptors (Lipinski definition) is 3. The van der Waals surface area contributed by atoms with Gasteiger partial charge in [-0.15, -0.1) is 0 Å². The second-order valence-corrected chi connectivity index (χ2v) is 8.69. The van der Waals surface area contributed by atoms with Crippen LogP contribution >= 0.6 is 0 Å². The zero-order chi connectivity index (χ0) is 22.4. The highest BCUT2D eigenvalue weighted by molar-refractivity contribution is 5.93. The van der Waals surface area contributed by atoms with Crippen LogP contribution in [0, 0.1) is 13.8 Å². The monoisotopic (exact) mass is 425 g/mol. The Labute approximate surface area is 192 Å². The summed E-state index contributed by atoms with van der Waals surface area (Å²) < 4.78 is 0. The van der Waals surface area contributed by atoms with Crippen LogP contribution in [-0.4, -0.2) is 15.0 Å². The van der Waals surface area contributed by atoms with E-state index in [2.05, 4.69) is 84.5 Å². The minimum absolute atomic E-state index is 0.840. The number of fused-ring (bicyclic) bond motifs is 3. The SMILES string of the molecule is Cc1nccc2ccc(-c3cnc4cc(Cc5cnc6ccccc6c5)ccc4c3C)cc12. The zero-order valence-corrected chi connectivity index (χ0v) is 18.7. The first-order valence-corrected chi connectivity index (χ1v) is 11.2. The van der Waals surface area contributed by atoms with Gasteiger partial charge in [0.25, 0.3) is 0 Å². The molecule has 3 nitrogen and oxygen atoms in total. The van der Waals surface area contributed by atoms with Gasteiger partial charge >= 0.3 is 0 Å². The first kappa shape index (κ1) is 19.6. The van der Waals surface area contributed by atoms with E-state index in [4.69, 9.17) is 4.98 Å². The van der Waals surface area contributed by atoms with Gasteiger partial charge in [0.2, 0.25) is 0 Å². The molecule has 158 valence electrons. The summed E-state index contributed by atoms with van der Waals surface area (Å²) in [7, 11) is 0. The first-order valence-electron chi connectivity index (χ1n) is 11.2. The molecule has 0 N–H and O–H groups in total. The van der Waals surface area contributed by atoms with Crippen LogP contribution in [0.15, 0.2) is 91.4 Å². The third-order valence-corrected chi connectivity index (χ3v) is 6.53. The van der Waals surface area contributed by atoms with Crippen molar-refractivity contribution in [2.24, 2.45) is 0 Å². The van der Waals surface area contributed by atoms with Crippen molar-refractivity contribution in [3.8, 4) is 11.1 Å². The number of pyridine rings is 3. The van der Waals surface area contributed by atoms with Crippen LogP contribution in [0.25, 0.3) is 43.7 Å². The van der Waals surface area contributed by atoms with Crippen LogP contribution in [0.3, 0.4) is 0 Å². The molecule has 3 heteroatoms. The second-order valence-electron chi connectivity index (χ2n) is 8.69. The Kier molecular flexibility index (Phi) is 4.62. The van der Waals surface area contributed by atoms with Crippen LogP contribution in [0.4, 0.5) is 0 Å². The maximum absolute atomic E-state index is 4.84. The van der Waals surface area contributed by atoms with E-state index in [0.717, 1.165) is 23.1 Å². The van der Waals surface area contributed by atoms with Gasteiger partial charge in [0, 0.05) is 46.0 Å². The third kappa shape index (κ3) is 3.52. The van der Waals surface area contributed by atoms with E-state index >= 15 is 0 Å². The number of para-hydroxylation sites is 1. The van der Waals surface area contributed by atoms with Crippen molar-refractivity contribution < 1.29 is 0 Å². The molecule has 0 saturated heterocycles. The van der Waals surface area contributed by atoms with E-state index < -0.39 is 0 Å². The van der Waals surface area contributed by atoms with E-state index in [1.807, 2.05) is 30.7 Å². The van der Waals surface area contributed by atoms with Gasteiger partial charge in [-0.25, -0.2) is 0 Å². The van der Waals surface area contributed by atoms with Gasteiger partial charge in [0.1, 0.15) is 0 Å². The molecule has 0 amide bonds. The summed E-state index contributed by atoms with van der Waals surface area (Å²) >= 11 is 0. The molecule has 0 unspecified atom stereocenters. The van der Waals surface area contributed by atoms with Crippen molar-refractivity contribution in [2.45, 2.75) is 20.3 Å². The lowest BCUT2D eigenvalue weighted by molar-refractivity contribution is 1.17. The molecule has 3 aromatic carbocycles. The van der Waals surface area contributed by atoms with Gasteiger partial charge in [0.05, 0.1) is 11.0 Å². The minimum Gasteiger partial charge on any atom is -0.261 e. The normalized spacial score (nSPS) is 11.5. The van der Waals surface area contributed by atoms with Crippen LogP contribution in [0.1, 0.15) is 22.4 Å². The van der Waals surface area contributed by atoms with Crippen LogP contribution in [0.2, 0.25) is 0 Å². The fourth-order valence-corrected chi connectivity index (χ4v) is 4.71. The standard InChI is InChI=1S/C30H23N3/c1-19-26-10-7-21(13-22-14-25-5-3-4-6-29(25)32-17-22)15-30(26)33-18-28(19)24-9-8-23-11-12-31-20(2)27(23)16-24/h3-12,14-18H,13H2,1-2H3. The quantitative estimate of drug-likeness (QED) is 0.301. The van der Waals surface area contributed by atoms with Gasteiger partial charge in [-0.1, -0.05) is 42.5 Å². The Hall–Kier alpha value is -4.11. The largest absolute Gasteiger partial charge is 0.261 e. The van der Waals surface area contributed by atoms with Crippen molar-refractivity contribution in [1.82, 2.24) is 15.0 Å². The van der Waals surface area contributed by atoms with Crippen LogP contribution in [-0.2, 0) is 6.42 Å². The highest BCUT2D eigenvalue weighted by Crippen LogP contribution is 2.31. The van der Waals surface area contributed by atoms with Gasteiger partial charge in [-0.05, 0) is 78.2 Å². The van der Waals surface area contributed by atoms with Gasteiger partial charge in [-0.2, -0.15) is 0 Å². The van der Waals surface area contributed by atoms with Gasteiger partial charge < -0.3 is 0 Å². The predicted octanol–water partition coefficient (Wildman–Crippen LogP) is 7.21. The summed E-state index contributed by atoms with van der Waals surface area (Å²) in [6, 6.07) is 25.7. The summed E-state index contributed by atoms with van der Waals surface area (Å²) in [5.41, 5.74) is 9.16. The van der Waals surface area contributed by atoms with E-state index in [1.54, 1.807) is 0 Å². The smallest absolute Gasteiger partial charge is 0.0707 e. The van der Waals surface area contributed by atoms with E-state index in [0.29, 0.717) is 0 Å². The Bertz CT molecular complexity index is 1670. The molecule has 0 aliphatic carbocycles. The lowest BCUT2D eigenvalue weighted by Crippen LogP contribution is -1.94. The van der Waals surface area contributed by atoms with E-state index in [-0.39, 0.29) is 0 Å². The lowest BCUT2D eigenvalue weighted by Gasteiger charge is -2.12. The number of aryl methyl sites for hydroxylation is 2. The van der Waals surface area contributed by atoms with Crippen molar-refractivity contribution >= 4 is 32.6 Å². The molecule has 33 heavy (non-hydrogen) atoms. The van der Waals surface area contributed by atoms with Crippen molar-refractivity contribution in [3.05, 3.63) is 114 Å². The van der Waals surface area contributed by atoms with Crippen molar-refractivity contribution in [3.63, 3.8) is 0 Å². The van der Waals surface area contributed by atoms with Crippen molar-refractivity contribution in [1.29, 1.82) is 0 Å². The van der Waals surface area contributed by atoms with Gasteiger partial charge in [0.15, 0.2) is 0 Å². The molecule has 0 spiro atoms. The number of aromatic nitrogens is 3. The Morgan fingerprint density at radius 1 is 0.636 bits per heavy atom. The zero-order valence-electron chi connectivity index (χ0n) is 18.7. The predicted molar refractivity (Wildman–Crippen MR) is 137 cm³/mol. The Balaban J connectivity index is 1.37. The number of benzene rings is 3. The molecule has 6 aromatic rings. The van der Waals surface area contributed by atoms with Crippen molar-refractivity contribution in [2.75, 3.05) is 0 Å². The second kappa shape index (κ2) is 7.79. The lowest BCUT2D eigenvalue weighted by atomic mass is 9.95. The molecule has 3 aromatic heterocycles. The molecule has 0 radical (unpaired) electrons. The molecule has 0 bridgehead atoms. The fraction of sp³-hybridized carbons (Fsp3) is 0.100. The maximum atomic E-state index is 4.84. The number of rotatable bonds is 3. The van der Waals surface area contributed by atoms with E-state index in [1.165, 1.54) is 49.4 Å². The van der Waals surface area contributed by atoms with Crippen LogP contribution < -0.4 is 0 Å². The minimum atomic E-state index is 0.840. The molecule has 3 heterocycles. The molecule has 0 saturated carbocycles. The summed E-state index contributed by atoms with van der Waals surface area (Å²) in [5, 5.41) is 4.77.